The summed E-state index contributed by atoms with van der Waals surface area (Å²) in [4.78, 5) is 15.6. The first-order chi connectivity index (χ1) is 9.69. The Balaban J connectivity index is 1.93. The van der Waals surface area contributed by atoms with Crippen LogP contribution in [0.3, 0.4) is 0 Å². The Morgan fingerprint density at radius 2 is 2.20 bits per heavy atom. The monoisotopic (exact) mass is 275 g/mol. The number of anilines is 1. The summed E-state index contributed by atoms with van der Waals surface area (Å²) in [6.45, 7) is 0.827. The first-order valence-electron chi connectivity index (χ1n) is 6.16. The van der Waals surface area contributed by atoms with E-state index in [2.05, 4.69) is 15.4 Å². The van der Waals surface area contributed by atoms with Crippen molar-refractivity contribution in [1.82, 2.24) is 14.8 Å². The molecule has 0 saturated heterocycles. The Morgan fingerprint density at radius 1 is 1.45 bits per heavy atom. The van der Waals surface area contributed by atoms with Gasteiger partial charge >= 0.3 is 0 Å². The number of carbonyl (C=O) groups excluding carboxylic acids is 1. The van der Waals surface area contributed by atoms with Crippen LogP contribution in [-0.2, 0) is 16.1 Å². The summed E-state index contributed by atoms with van der Waals surface area (Å²) in [6, 6.07) is 6.81. The molecule has 1 aromatic heterocycles. The normalized spacial score (nSPS) is 12.1. The molecule has 0 saturated carbocycles. The fourth-order valence-corrected chi connectivity index (χ4v) is 1.69. The van der Waals surface area contributed by atoms with Crippen molar-refractivity contribution in [3.05, 3.63) is 42.5 Å². The second kappa shape index (κ2) is 6.78. The summed E-state index contributed by atoms with van der Waals surface area (Å²) in [7, 11) is 1.51. The van der Waals surface area contributed by atoms with Gasteiger partial charge < -0.3 is 15.8 Å². The Labute approximate surface area is 116 Å². The fourth-order valence-electron chi connectivity index (χ4n) is 1.69. The van der Waals surface area contributed by atoms with Crippen molar-refractivity contribution >= 4 is 11.6 Å². The van der Waals surface area contributed by atoms with Crippen LogP contribution in [0.15, 0.2) is 36.9 Å². The molecule has 0 aliphatic carbocycles. The molecule has 0 bridgehead atoms. The molecule has 1 amide bonds. The average molecular weight is 275 g/mol. The predicted molar refractivity (Wildman–Crippen MR) is 74.0 cm³/mol. The van der Waals surface area contributed by atoms with E-state index < -0.39 is 6.04 Å². The number of amides is 1. The van der Waals surface area contributed by atoms with E-state index in [1.807, 2.05) is 24.3 Å². The zero-order chi connectivity index (χ0) is 14.4. The van der Waals surface area contributed by atoms with Crippen LogP contribution < -0.4 is 11.1 Å². The zero-order valence-electron chi connectivity index (χ0n) is 11.2. The molecule has 106 valence electrons. The van der Waals surface area contributed by atoms with Crippen LogP contribution in [0.2, 0.25) is 0 Å². The molecule has 20 heavy (non-hydrogen) atoms. The highest BCUT2D eigenvalue weighted by Gasteiger charge is 2.12. The van der Waals surface area contributed by atoms with Crippen LogP contribution in [-0.4, -0.2) is 40.4 Å². The number of nitrogens with two attached hydrogens (primary N) is 1. The molecule has 7 heteroatoms. The molecule has 0 radical (unpaired) electrons. The number of ether oxygens (including phenoxy) is 1. The molecule has 2 rings (SSSR count). The van der Waals surface area contributed by atoms with Gasteiger partial charge in [0.15, 0.2) is 0 Å². The number of benzene rings is 1. The molecule has 1 atom stereocenters. The van der Waals surface area contributed by atoms with E-state index in [-0.39, 0.29) is 12.5 Å². The summed E-state index contributed by atoms with van der Waals surface area (Å²) < 4.78 is 6.56. The number of hydrogen-bond donors (Lipinski definition) is 2. The van der Waals surface area contributed by atoms with E-state index in [0.29, 0.717) is 12.2 Å². The van der Waals surface area contributed by atoms with Gasteiger partial charge in [-0.3, -0.25) is 4.79 Å². The first kappa shape index (κ1) is 14.2. The Hall–Kier alpha value is -2.25. The topological polar surface area (TPSA) is 95.1 Å². The van der Waals surface area contributed by atoms with Crippen molar-refractivity contribution in [3.8, 4) is 0 Å². The van der Waals surface area contributed by atoms with E-state index in [0.717, 1.165) is 5.56 Å². The number of rotatable bonds is 6. The summed E-state index contributed by atoms with van der Waals surface area (Å²) in [5, 5.41) is 6.77. The van der Waals surface area contributed by atoms with Gasteiger partial charge in [-0.05, 0) is 17.7 Å². The van der Waals surface area contributed by atoms with E-state index in [1.165, 1.54) is 13.4 Å². The summed E-state index contributed by atoms with van der Waals surface area (Å²) in [6.07, 6.45) is 3.14. The molecule has 1 heterocycles. The third-order valence-electron chi connectivity index (χ3n) is 2.72. The lowest BCUT2D eigenvalue weighted by Gasteiger charge is -2.11. The van der Waals surface area contributed by atoms with Gasteiger partial charge in [-0.2, -0.15) is 5.10 Å². The molecule has 1 unspecified atom stereocenters. The van der Waals surface area contributed by atoms with Gasteiger partial charge in [0.2, 0.25) is 5.91 Å². The number of aromatic nitrogens is 3. The number of hydrogen-bond acceptors (Lipinski definition) is 5. The Morgan fingerprint density at radius 3 is 2.80 bits per heavy atom. The number of nitrogens with zero attached hydrogens (tertiary/aromatic N) is 3. The van der Waals surface area contributed by atoms with Crippen molar-refractivity contribution in [3.63, 3.8) is 0 Å². The second-order valence-electron chi connectivity index (χ2n) is 4.34. The van der Waals surface area contributed by atoms with Crippen LogP contribution in [0.5, 0.6) is 0 Å². The fraction of sp³-hybridized carbons (Fsp3) is 0.308. The van der Waals surface area contributed by atoms with Crippen LogP contribution in [0, 0.1) is 0 Å². The second-order valence-corrected chi connectivity index (χ2v) is 4.34. The molecule has 3 N–H and O–H groups in total. The maximum atomic E-state index is 11.7. The molecule has 0 aliphatic heterocycles. The standard InChI is InChI=1S/C13H17N5O2/c1-20-7-12(14)13(19)17-11-4-2-10(3-5-11)6-18-9-15-8-16-18/h2-5,8-9,12H,6-7,14H2,1H3,(H,17,19). The SMILES string of the molecule is COCC(N)C(=O)Nc1ccc(Cn2cncn2)cc1. The molecular weight excluding hydrogens is 258 g/mol. The van der Waals surface area contributed by atoms with Gasteiger partial charge in [0.1, 0.15) is 18.7 Å². The van der Waals surface area contributed by atoms with E-state index in [4.69, 9.17) is 10.5 Å². The summed E-state index contributed by atoms with van der Waals surface area (Å²) >= 11 is 0. The third-order valence-corrected chi connectivity index (χ3v) is 2.72. The Bertz CT molecular complexity index is 538. The molecule has 0 spiro atoms. The molecular formula is C13H17N5O2. The minimum Gasteiger partial charge on any atom is -0.383 e. The van der Waals surface area contributed by atoms with Crippen LogP contribution >= 0.6 is 0 Å². The first-order valence-corrected chi connectivity index (χ1v) is 6.16. The minimum absolute atomic E-state index is 0.191. The Kier molecular flexibility index (Phi) is 4.80. The highest BCUT2D eigenvalue weighted by Crippen LogP contribution is 2.10. The molecule has 7 nitrogen and oxygen atoms in total. The van der Waals surface area contributed by atoms with Crippen LogP contribution in [0.1, 0.15) is 5.56 Å². The largest absolute Gasteiger partial charge is 0.383 e. The van der Waals surface area contributed by atoms with Gasteiger partial charge in [0.05, 0.1) is 13.2 Å². The lowest BCUT2D eigenvalue weighted by atomic mass is 10.2. The van der Waals surface area contributed by atoms with Crippen molar-refractivity contribution < 1.29 is 9.53 Å². The average Bonchev–Trinajstić information content (AvgIpc) is 2.94. The van der Waals surface area contributed by atoms with Gasteiger partial charge in [-0.1, -0.05) is 12.1 Å². The minimum atomic E-state index is -0.671. The highest BCUT2D eigenvalue weighted by atomic mass is 16.5. The number of methoxy groups -OCH3 is 1. The number of nitrogens with one attached hydrogen (secondary N) is 1. The van der Waals surface area contributed by atoms with Gasteiger partial charge in [0.25, 0.3) is 0 Å². The van der Waals surface area contributed by atoms with Crippen LogP contribution in [0.25, 0.3) is 0 Å². The zero-order valence-corrected chi connectivity index (χ0v) is 11.2. The third kappa shape index (κ3) is 3.87. The lowest BCUT2D eigenvalue weighted by molar-refractivity contribution is -0.118. The van der Waals surface area contributed by atoms with Crippen molar-refractivity contribution in [2.45, 2.75) is 12.6 Å². The maximum Gasteiger partial charge on any atom is 0.243 e. The summed E-state index contributed by atoms with van der Waals surface area (Å²) in [5.41, 5.74) is 7.40. The quantitative estimate of drug-likeness (QED) is 0.787. The van der Waals surface area contributed by atoms with Crippen molar-refractivity contribution in [1.29, 1.82) is 0 Å². The lowest BCUT2D eigenvalue weighted by Crippen LogP contribution is -2.39. The molecule has 0 fully saturated rings. The van der Waals surface area contributed by atoms with Gasteiger partial charge in [0, 0.05) is 12.8 Å². The summed E-state index contributed by atoms with van der Waals surface area (Å²) in [5.74, 6) is -0.268. The molecule has 1 aromatic carbocycles. The maximum absolute atomic E-state index is 11.7. The predicted octanol–water partition coefficient (Wildman–Crippen LogP) is 0.239. The van der Waals surface area contributed by atoms with E-state index in [9.17, 15) is 4.79 Å². The molecule has 2 aromatic rings. The van der Waals surface area contributed by atoms with Crippen molar-refractivity contribution in [2.24, 2.45) is 5.73 Å². The van der Waals surface area contributed by atoms with E-state index in [1.54, 1.807) is 11.0 Å². The van der Waals surface area contributed by atoms with Gasteiger partial charge in [-0.25, -0.2) is 9.67 Å². The molecule has 0 aliphatic rings. The van der Waals surface area contributed by atoms with E-state index >= 15 is 0 Å². The number of carbonyl (C=O) groups is 1. The highest BCUT2D eigenvalue weighted by molar-refractivity contribution is 5.94. The van der Waals surface area contributed by atoms with Crippen LogP contribution in [0.4, 0.5) is 5.69 Å². The van der Waals surface area contributed by atoms with Gasteiger partial charge in [-0.15, -0.1) is 0 Å². The smallest absolute Gasteiger partial charge is 0.243 e. The van der Waals surface area contributed by atoms with Crippen molar-refractivity contribution in [2.75, 3.05) is 19.0 Å².